The van der Waals surface area contributed by atoms with Crippen LogP contribution < -0.4 is 4.90 Å². The van der Waals surface area contributed by atoms with Crippen molar-refractivity contribution in [2.45, 2.75) is 18.4 Å². The van der Waals surface area contributed by atoms with Gasteiger partial charge in [-0.3, -0.25) is 4.79 Å². The molecule has 1 aromatic heterocycles. The molecular weight excluding hydrogens is 276 g/mol. The van der Waals surface area contributed by atoms with Crippen LogP contribution in [0.4, 0.5) is 5.95 Å². The largest absolute Gasteiger partial charge is 0.336 e. The highest BCUT2D eigenvalue weighted by atomic mass is 16.2. The van der Waals surface area contributed by atoms with Crippen LogP contribution in [-0.4, -0.2) is 45.9 Å². The lowest BCUT2D eigenvalue weighted by molar-refractivity contribution is 0.0775. The van der Waals surface area contributed by atoms with Gasteiger partial charge in [-0.2, -0.15) is 0 Å². The summed E-state index contributed by atoms with van der Waals surface area (Å²) in [6.07, 6.45) is 5.64. The molecule has 1 aromatic carbocycles. The van der Waals surface area contributed by atoms with Crippen molar-refractivity contribution in [3.63, 3.8) is 0 Å². The normalized spacial score (nSPS) is 23.6. The molecule has 22 heavy (non-hydrogen) atoms. The third kappa shape index (κ3) is 2.04. The first-order valence-corrected chi connectivity index (χ1v) is 7.68. The number of likely N-dealkylation sites (tertiary alicyclic amines) is 1. The average Bonchev–Trinajstić information content (AvgIpc) is 3.03. The first-order chi connectivity index (χ1) is 10.8. The second-order valence-corrected chi connectivity index (χ2v) is 6.02. The summed E-state index contributed by atoms with van der Waals surface area (Å²) >= 11 is 0. The van der Waals surface area contributed by atoms with Crippen LogP contribution in [-0.2, 0) is 0 Å². The zero-order valence-corrected chi connectivity index (χ0v) is 12.4. The summed E-state index contributed by atoms with van der Waals surface area (Å²) in [6.45, 7) is 2.54. The van der Waals surface area contributed by atoms with Gasteiger partial charge in [-0.15, -0.1) is 0 Å². The number of hydrogen-bond donors (Lipinski definition) is 0. The molecule has 3 heterocycles. The van der Waals surface area contributed by atoms with Crippen LogP contribution in [0.25, 0.3) is 0 Å². The molecule has 2 aliphatic rings. The summed E-state index contributed by atoms with van der Waals surface area (Å²) in [7, 11) is 0. The first kappa shape index (κ1) is 13.2. The fraction of sp³-hybridized carbons (Fsp3) is 0.353. The third-order valence-electron chi connectivity index (χ3n) is 4.81. The molecule has 0 unspecified atom stereocenters. The van der Waals surface area contributed by atoms with Crippen molar-refractivity contribution in [1.29, 1.82) is 0 Å². The Kier molecular flexibility index (Phi) is 3.06. The third-order valence-corrected chi connectivity index (χ3v) is 4.81. The standard InChI is InChI=1S/C17H18N4O/c22-15(14-5-2-1-3-6-14)20-11-7-17(13-20)8-12-21(17)16-18-9-4-10-19-16/h1-6,9-10H,7-8,11-13H2/t17-/m1/s1. The minimum Gasteiger partial charge on any atom is -0.336 e. The summed E-state index contributed by atoms with van der Waals surface area (Å²) in [6, 6.07) is 11.3. The molecule has 0 saturated carbocycles. The van der Waals surface area contributed by atoms with Crippen molar-refractivity contribution in [2.75, 3.05) is 24.5 Å². The summed E-state index contributed by atoms with van der Waals surface area (Å²) < 4.78 is 0. The van der Waals surface area contributed by atoms with E-state index < -0.39 is 0 Å². The Balaban J connectivity index is 1.52. The maximum Gasteiger partial charge on any atom is 0.253 e. The van der Waals surface area contributed by atoms with Crippen LogP contribution in [0.15, 0.2) is 48.8 Å². The van der Waals surface area contributed by atoms with Gasteiger partial charge in [-0.1, -0.05) is 18.2 Å². The van der Waals surface area contributed by atoms with Gasteiger partial charge in [0.1, 0.15) is 0 Å². The zero-order chi connectivity index (χ0) is 15.0. The molecule has 2 aliphatic heterocycles. The smallest absolute Gasteiger partial charge is 0.253 e. The molecule has 5 nitrogen and oxygen atoms in total. The SMILES string of the molecule is O=C(c1ccccc1)N1CC[C@@]2(CCN2c2ncccn2)C1. The van der Waals surface area contributed by atoms with Gasteiger partial charge in [0.15, 0.2) is 0 Å². The van der Waals surface area contributed by atoms with Gasteiger partial charge in [-0.05, 0) is 31.0 Å². The molecule has 1 atom stereocenters. The van der Waals surface area contributed by atoms with E-state index in [-0.39, 0.29) is 11.4 Å². The fourth-order valence-corrected chi connectivity index (χ4v) is 3.50. The fourth-order valence-electron chi connectivity index (χ4n) is 3.50. The molecular formula is C17H18N4O. The number of aromatic nitrogens is 2. The lowest BCUT2D eigenvalue weighted by Crippen LogP contribution is -2.62. The Morgan fingerprint density at radius 2 is 1.73 bits per heavy atom. The summed E-state index contributed by atoms with van der Waals surface area (Å²) in [5, 5.41) is 0. The van der Waals surface area contributed by atoms with E-state index in [1.807, 2.05) is 41.3 Å². The highest BCUT2D eigenvalue weighted by Crippen LogP contribution is 2.41. The molecule has 4 rings (SSSR count). The lowest BCUT2D eigenvalue weighted by atomic mass is 9.84. The van der Waals surface area contributed by atoms with Crippen molar-refractivity contribution >= 4 is 11.9 Å². The van der Waals surface area contributed by atoms with E-state index in [9.17, 15) is 4.79 Å². The van der Waals surface area contributed by atoms with Crippen LogP contribution in [0.3, 0.4) is 0 Å². The number of carbonyl (C=O) groups excluding carboxylic acids is 1. The summed E-state index contributed by atoms with van der Waals surface area (Å²) in [5.41, 5.74) is 0.799. The molecule has 0 aliphatic carbocycles. The van der Waals surface area contributed by atoms with E-state index in [4.69, 9.17) is 0 Å². The Morgan fingerprint density at radius 3 is 2.41 bits per heavy atom. The highest BCUT2D eigenvalue weighted by molar-refractivity contribution is 5.94. The second-order valence-electron chi connectivity index (χ2n) is 6.02. The highest BCUT2D eigenvalue weighted by Gasteiger charge is 2.51. The molecule has 1 spiro atoms. The maximum atomic E-state index is 12.6. The Labute approximate surface area is 129 Å². The van der Waals surface area contributed by atoms with Crippen LogP contribution in [0.5, 0.6) is 0 Å². The number of carbonyl (C=O) groups is 1. The van der Waals surface area contributed by atoms with Crippen LogP contribution in [0.2, 0.25) is 0 Å². The predicted molar refractivity (Wildman–Crippen MR) is 83.7 cm³/mol. The van der Waals surface area contributed by atoms with Gasteiger partial charge in [-0.25, -0.2) is 9.97 Å². The van der Waals surface area contributed by atoms with Gasteiger partial charge in [0.25, 0.3) is 5.91 Å². The van der Waals surface area contributed by atoms with E-state index >= 15 is 0 Å². The number of amides is 1. The number of benzene rings is 1. The van der Waals surface area contributed by atoms with Crippen molar-refractivity contribution in [2.24, 2.45) is 0 Å². The molecule has 112 valence electrons. The summed E-state index contributed by atoms with van der Waals surface area (Å²) in [4.78, 5) is 25.5. The number of anilines is 1. The Hall–Kier alpha value is -2.43. The molecule has 2 aromatic rings. The monoisotopic (exact) mass is 294 g/mol. The van der Waals surface area contributed by atoms with Gasteiger partial charge in [0.2, 0.25) is 5.95 Å². The van der Waals surface area contributed by atoms with Crippen LogP contribution >= 0.6 is 0 Å². The molecule has 5 heteroatoms. The Bertz CT molecular complexity index is 676. The lowest BCUT2D eigenvalue weighted by Gasteiger charge is -2.50. The quantitative estimate of drug-likeness (QED) is 0.849. The zero-order valence-electron chi connectivity index (χ0n) is 12.4. The van der Waals surface area contributed by atoms with Crippen molar-refractivity contribution in [3.05, 3.63) is 54.4 Å². The predicted octanol–water partition coefficient (Wildman–Crippen LogP) is 1.97. The number of nitrogens with zero attached hydrogens (tertiary/aromatic N) is 4. The maximum absolute atomic E-state index is 12.6. The van der Waals surface area contributed by atoms with Crippen LogP contribution in [0.1, 0.15) is 23.2 Å². The van der Waals surface area contributed by atoms with Crippen LogP contribution in [0, 0.1) is 0 Å². The van der Waals surface area contributed by atoms with Gasteiger partial charge < -0.3 is 9.80 Å². The van der Waals surface area contributed by atoms with Gasteiger partial charge in [0, 0.05) is 37.6 Å². The van der Waals surface area contributed by atoms with Crippen molar-refractivity contribution in [3.8, 4) is 0 Å². The van der Waals surface area contributed by atoms with Crippen molar-refractivity contribution in [1.82, 2.24) is 14.9 Å². The number of rotatable bonds is 2. The molecule has 2 saturated heterocycles. The minimum atomic E-state index is 0.0335. The molecule has 0 radical (unpaired) electrons. The molecule has 0 N–H and O–H groups in total. The average molecular weight is 294 g/mol. The van der Waals surface area contributed by atoms with E-state index in [0.717, 1.165) is 44.0 Å². The molecule has 0 bridgehead atoms. The molecule has 2 fully saturated rings. The number of hydrogen-bond acceptors (Lipinski definition) is 4. The second kappa shape index (κ2) is 5.09. The van der Waals surface area contributed by atoms with E-state index in [0.29, 0.717) is 0 Å². The summed E-state index contributed by atoms with van der Waals surface area (Å²) in [5.74, 6) is 0.904. The first-order valence-electron chi connectivity index (χ1n) is 7.68. The van der Waals surface area contributed by atoms with E-state index in [1.165, 1.54) is 0 Å². The minimum absolute atomic E-state index is 0.0335. The van der Waals surface area contributed by atoms with Gasteiger partial charge >= 0.3 is 0 Å². The van der Waals surface area contributed by atoms with Crippen molar-refractivity contribution < 1.29 is 4.79 Å². The van der Waals surface area contributed by atoms with Gasteiger partial charge in [0.05, 0.1) is 5.54 Å². The van der Waals surface area contributed by atoms with E-state index in [1.54, 1.807) is 12.4 Å². The topological polar surface area (TPSA) is 49.3 Å². The Morgan fingerprint density at radius 1 is 1.00 bits per heavy atom. The molecule has 1 amide bonds. The van der Waals surface area contributed by atoms with E-state index in [2.05, 4.69) is 14.9 Å².